The first-order chi connectivity index (χ1) is 14.5. The maximum atomic E-state index is 13.4. The van der Waals surface area contributed by atoms with Gasteiger partial charge < -0.3 is 10.6 Å². The number of halogens is 1. The van der Waals surface area contributed by atoms with Crippen molar-refractivity contribution < 1.29 is 18.8 Å². The SMILES string of the molecule is CCCCC1(c2ccc(F)cc2)NC(=O)N(CC(=O)NC2CCCCCCC2)C1=O. The minimum atomic E-state index is -1.25. The fraction of sp³-hybridized carbons (Fsp3) is 0.609. The van der Waals surface area contributed by atoms with Gasteiger partial charge in [-0.25, -0.2) is 9.18 Å². The lowest BCUT2D eigenvalue weighted by Crippen LogP contribution is -2.46. The summed E-state index contributed by atoms with van der Waals surface area (Å²) in [4.78, 5) is 39.6. The van der Waals surface area contributed by atoms with Crippen molar-refractivity contribution in [3.8, 4) is 0 Å². The second-order valence-corrected chi connectivity index (χ2v) is 8.45. The molecule has 164 valence electrons. The molecule has 1 atom stereocenters. The highest BCUT2D eigenvalue weighted by molar-refractivity contribution is 6.09. The Bertz CT molecular complexity index is 759. The summed E-state index contributed by atoms with van der Waals surface area (Å²) >= 11 is 0. The molecule has 4 amide bonds. The predicted octanol–water partition coefficient (Wildman–Crippen LogP) is 3.99. The lowest BCUT2D eigenvalue weighted by atomic mass is 9.85. The summed E-state index contributed by atoms with van der Waals surface area (Å²) < 4.78 is 13.4. The fourth-order valence-electron chi connectivity index (χ4n) is 4.47. The van der Waals surface area contributed by atoms with Crippen LogP contribution in [-0.2, 0) is 15.1 Å². The molecule has 0 spiro atoms. The summed E-state index contributed by atoms with van der Waals surface area (Å²) in [6, 6.07) is 5.15. The molecule has 1 aliphatic carbocycles. The zero-order valence-corrected chi connectivity index (χ0v) is 17.7. The predicted molar refractivity (Wildman–Crippen MR) is 112 cm³/mol. The Labute approximate surface area is 177 Å². The van der Waals surface area contributed by atoms with Crippen LogP contribution in [0.1, 0.15) is 76.7 Å². The van der Waals surface area contributed by atoms with Gasteiger partial charge in [-0.2, -0.15) is 0 Å². The van der Waals surface area contributed by atoms with E-state index in [1.54, 1.807) is 0 Å². The van der Waals surface area contributed by atoms with Crippen molar-refractivity contribution in [2.45, 2.75) is 82.7 Å². The van der Waals surface area contributed by atoms with E-state index in [0.29, 0.717) is 18.4 Å². The smallest absolute Gasteiger partial charge is 0.325 e. The largest absolute Gasteiger partial charge is 0.352 e. The van der Waals surface area contributed by atoms with Crippen molar-refractivity contribution in [1.82, 2.24) is 15.5 Å². The van der Waals surface area contributed by atoms with E-state index >= 15 is 0 Å². The number of rotatable bonds is 7. The van der Waals surface area contributed by atoms with Crippen LogP contribution in [0.5, 0.6) is 0 Å². The molecular formula is C23H32FN3O3. The Balaban J connectivity index is 1.72. The van der Waals surface area contributed by atoms with Crippen molar-refractivity contribution in [2.24, 2.45) is 0 Å². The molecule has 3 rings (SSSR count). The third-order valence-corrected chi connectivity index (χ3v) is 6.19. The summed E-state index contributed by atoms with van der Waals surface area (Å²) in [5.41, 5.74) is -0.708. The molecule has 1 unspecified atom stereocenters. The third-order valence-electron chi connectivity index (χ3n) is 6.19. The van der Waals surface area contributed by atoms with Gasteiger partial charge in [-0.3, -0.25) is 14.5 Å². The van der Waals surface area contributed by atoms with Crippen molar-refractivity contribution in [1.29, 1.82) is 0 Å². The molecule has 2 aliphatic rings. The zero-order valence-electron chi connectivity index (χ0n) is 17.7. The molecule has 1 aromatic carbocycles. The fourth-order valence-corrected chi connectivity index (χ4v) is 4.47. The highest BCUT2D eigenvalue weighted by Gasteiger charge is 2.52. The summed E-state index contributed by atoms with van der Waals surface area (Å²) in [5.74, 6) is -1.16. The normalized spacial score (nSPS) is 23.1. The van der Waals surface area contributed by atoms with Crippen LogP contribution in [0, 0.1) is 5.82 Å². The van der Waals surface area contributed by atoms with E-state index in [2.05, 4.69) is 10.6 Å². The summed E-state index contributed by atoms with van der Waals surface area (Å²) in [7, 11) is 0. The maximum Gasteiger partial charge on any atom is 0.325 e. The lowest BCUT2D eigenvalue weighted by Gasteiger charge is -2.27. The number of hydrogen-bond donors (Lipinski definition) is 2. The molecule has 0 radical (unpaired) electrons. The summed E-state index contributed by atoms with van der Waals surface area (Å²) in [6.45, 7) is 1.70. The Morgan fingerprint density at radius 1 is 1.13 bits per heavy atom. The number of hydrogen-bond acceptors (Lipinski definition) is 3. The highest BCUT2D eigenvalue weighted by atomic mass is 19.1. The molecule has 2 N–H and O–H groups in total. The Kier molecular flexibility index (Phi) is 7.45. The molecule has 2 fully saturated rings. The average molecular weight is 418 g/mol. The van der Waals surface area contributed by atoms with Gasteiger partial charge in [0.05, 0.1) is 0 Å². The van der Waals surface area contributed by atoms with E-state index in [1.807, 2.05) is 6.92 Å². The Hall–Kier alpha value is -2.44. The van der Waals surface area contributed by atoms with Crippen LogP contribution in [0.15, 0.2) is 24.3 Å². The lowest BCUT2D eigenvalue weighted by molar-refractivity contribution is -0.135. The monoisotopic (exact) mass is 417 g/mol. The quantitative estimate of drug-likeness (QED) is 0.659. The molecule has 1 saturated heterocycles. The highest BCUT2D eigenvalue weighted by Crippen LogP contribution is 2.34. The van der Waals surface area contributed by atoms with Crippen LogP contribution in [-0.4, -0.2) is 35.3 Å². The summed E-state index contributed by atoms with van der Waals surface area (Å²) in [6.07, 6.45) is 9.59. The van der Waals surface area contributed by atoms with Gasteiger partial charge in [0.25, 0.3) is 5.91 Å². The van der Waals surface area contributed by atoms with Gasteiger partial charge in [-0.05, 0) is 37.0 Å². The van der Waals surface area contributed by atoms with Crippen molar-refractivity contribution in [3.63, 3.8) is 0 Å². The zero-order chi connectivity index (χ0) is 21.6. The van der Waals surface area contributed by atoms with Crippen LogP contribution in [0.2, 0.25) is 0 Å². The van der Waals surface area contributed by atoms with E-state index in [9.17, 15) is 18.8 Å². The number of benzene rings is 1. The van der Waals surface area contributed by atoms with Gasteiger partial charge in [-0.1, -0.05) is 64.0 Å². The van der Waals surface area contributed by atoms with Crippen molar-refractivity contribution in [2.75, 3.05) is 6.54 Å². The number of nitrogens with zero attached hydrogens (tertiary/aromatic N) is 1. The van der Waals surface area contributed by atoms with Gasteiger partial charge >= 0.3 is 6.03 Å². The Morgan fingerprint density at radius 2 is 1.77 bits per heavy atom. The Morgan fingerprint density at radius 3 is 2.40 bits per heavy atom. The first-order valence-electron chi connectivity index (χ1n) is 11.2. The second-order valence-electron chi connectivity index (χ2n) is 8.45. The number of urea groups is 1. The minimum absolute atomic E-state index is 0.0977. The van der Waals surface area contributed by atoms with E-state index < -0.39 is 23.3 Å². The molecule has 1 aromatic rings. The molecule has 0 bridgehead atoms. The van der Waals surface area contributed by atoms with Crippen LogP contribution in [0.4, 0.5) is 9.18 Å². The standard InChI is InChI=1S/C23H32FN3O3/c1-2-3-15-23(17-11-13-18(24)14-12-17)21(29)27(22(30)26-23)16-20(28)25-19-9-7-5-4-6-8-10-19/h11-14,19H,2-10,15-16H2,1H3,(H,25,28)(H,26,30). The first-order valence-corrected chi connectivity index (χ1v) is 11.2. The number of imide groups is 1. The molecule has 7 heteroatoms. The molecule has 1 aliphatic heterocycles. The van der Waals surface area contributed by atoms with E-state index in [4.69, 9.17) is 0 Å². The molecule has 1 saturated carbocycles. The van der Waals surface area contributed by atoms with E-state index in [1.165, 1.54) is 43.5 Å². The summed E-state index contributed by atoms with van der Waals surface area (Å²) in [5, 5.41) is 5.81. The van der Waals surface area contributed by atoms with Crippen molar-refractivity contribution >= 4 is 17.8 Å². The third kappa shape index (κ3) is 4.99. The molecule has 30 heavy (non-hydrogen) atoms. The van der Waals surface area contributed by atoms with Gasteiger partial charge in [0.15, 0.2) is 0 Å². The molecule has 0 aromatic heterocycles. The van der Waals surface area contributed by atoms with Crippen LogP contribution in [0.3, 0.4) is 0 Å². The first kappa shape index (κ1) is 22.2. The van der Waals surface area contributed by atoms with Crippen LogP contribution < -0.4 is 10.6 Å². The van der Waals surface area contributed by atoms with Crippen LogP contribution >= 0.6 is 0 Å². The molecule has 1 heterocycles. The van der Waals surface area contributed by atoms with Gasteiger partial charge in [0.2, 0.25) is 5.91 Å². The van der Waals surface area contributed by atoms with Gasteiger partial charge in [0, 0.05) is 6.04 Å². The van der Waals surface area contributed by atoms with Crippen molar-refractivity contribution in [3.05, 3.63) is 35.6 Å². The number of carbonyl (C=O) groups is 3. The number of carbonyl (C=O) groups excluding carboxylic acids is 3. The van der Waals surface area contributed by atoms with Crippen LogP contribution in [0.25, 0.3) is 0 Å². The number of amides is 4. The molecule has 6 nitrogen and oxygen atoms in total. The average Bonchev–Trinajstić information content (AvgIpc) is 2.94. The van der Waals surface area contributed by atoms with Gasteiger partial charge in [-0.15, -0.1) is 0 Å². The van der Waals surface area contributed by atoms with Gasteiger partial charge in [0.1, 0.15) is 17.9 Å². The number of unbranched alkanes of at least 4 members (excludes halogenated alkanes) is 1. The number of nitrogens with one attached hydrogen (secondary N) is 2. The maximum absolute atomic E-state index is 13.4. The minimum Gasteiger partial charge on any atom is -0.352 e. The van der Waals surface area contributed by atoms with E-state index in [-0.39, 0.29) is 18.5 Å². The van der Waals surface area contributed by atoms with E-state index in [0.717, 1.165) is 37.0 Å². The second kappa shape index (κ2) is 10.0. The topological polar surface area (TPSA) is 78.5 Å². The molecular weight excluding hydrogens is 385 g/mol.